The summed E-state index contributed by atoms with van der Waals surface area (Å²) >= 11 is 0. The van der Waals surface area contributed by atoms with Crippen LogP contribution < -0.4 is 10.2 Å². The zero-order chi connectivity index (χ0) is 19.8. The topological polar surface area (TPSA) is 80.3 Å². The van der Waals surface area contributed by atoms with Crippen molar-refractivity contribution < 1.29 is 19.8 Å². The van der Waals surface area contributed by atoms with Gasteiger partial charge in [-0.15, -0.1) is 0 Å². The zero-order valence-corrected chi connectivity index (χ0v) is 17.3. The van der Waals surface area contributed by atoms with Gasteiger partial charge in [-0.1, -0.05) is 69.2 Å². The fourth-order valence-corrected chi connectivity index (χ4v) is 5.19. The molecular weight excluding hydrogens is 304 g/mol. The number of aliphatic carboxylic acids is 2. The smallest absolute Gasteiger partial charge is 0.0490 e. The molecule has 0 aromatic carbocycles. The fraction of sp³-hybridized carbons (Fsp3) is 0.900. The molecule has 0 spiro atoms. The molecule has 4 nitrogen and oxygen atoms in total. The Morgan fingerprint density at radius 2 is 0.958 bits per heavy atom. The molecule has 0 bridgehead atoms. The Labute approximate surface area is 148 Å². The van der Waals surface area contributed by atoms with Gasteiger partial charge in [0, 0.05) is 17.4 Å². The lowest BCUT2D eigenvalue weighted by Crippen LogP contribution is -2.62. The molecule has 0 saturated heterocycles. The van der Waals surface area contributed by atoms with E-state index in [-0.39, 0.29) is 10.8 Å². The Morgan fingerprint density at radius 3 is 1.12 bits per heavy atom. The molecule has 0 aliphatic carbocycles. The van der Waals surface area contributed by atoms with Crippen molar-refractivity contribution in [1.82, 2.24) is 0 Å². The summed E-state index contributed by atoms with van der Waals surface area (Å²) < 4.78 is 0. The third-order valence-electron chi connectivity index (χ3n) is 5.01. The number of carboxylic acid groups (broad SMARTS) is 2. The van der Waals surface area contributed by atoms with Crippen molar-refractivity contribution >= 4 is 11.9 Å². The first kappa shape index (κ1) is 22.9. The van der Waals surface area contributed by atoms with Crippen LogP contribution in [-0.2, 0) is 9.59 Å². The van der Waals surface area contributed by atoms with E-state index in [0.29, 0.717) is 12.8 Å². The third-order valence-corrected chi connectivity index (χ3v) is 5.01. The minimum Gasteiger partial charge on any atom is -0.550 e. The molecular formula is C20H36O4-2. The van der Waals surface area contributed by atoms with E-state index in [2.05, 4.69) is 0 Å². The van der Waals surface area contributed by atoms with Gasteiger partial charge in [-0.3, -0.25) is 0 Å². The molecule has 0 N–H and O–H groups in total. The summed E-state index contributed by atoms with van der Waals surface area (Å²) in [6, 6.07) is 0. The van der Waals surface area contributed by atoms with E-state index < -0.39 is 34.6 Å². The van der Waals surface area contributed by atoms with Crippen LogP contribution in [0.15, 0.2) is 0 Å². The largest absolute Gasteiger partial charge is 0.550 e. The lowest BCUT2D eigenvalue weighted by Gasteiger charge is -2.59. The van der Waals surface area contributed by atoms with E-state index in [1.165, 1.54) is 0 Å². The highest BCUT2D eigenvalue weighted by atomic mass is 16.4. The molecule has 0 unspecified atom stereocenters. The highest BCUT2D eigenvalue weighted by Gasteiger charge is 2.57. The Kier molecular flexibility index (Phi) is 6.39. The SMILES string of the molecule is CC(C)(C)CC(C)(C)C(CC(=O)[O-])(C(=O)[O-])C(C)(C)CC(C)(C)C. The Bertz CT molecular complexity index is 445. The maximum absolute atomic E-state index is 12.4. The summed E-state index contributed by atoms with van der Waals surface area (Å²) in [5.74, 6) is -2.64. The van der Waals surface area contributed by atoms with Crippen molar-refractivity contribution in [3.63, 3.8) is 0 Å². The molecule has 0 amide bonds. The molecule has 0 aliphatic rings. The molecule has 0 radical (unpaired) electrons. The van der Waals surface area contributed by atoms with Crippen LogP contribution in [0.25, 0.3) is 0 Å². The van der Waals surface area contributed by atoms with Gasteiger partial charge in [0.2, 0.25) is 0 Å². The Balaban J connectivity index is 6.47. The molecule has 4 heteroatoms. The molecule has 0 atom stereocenters. The highest BCUT2D eigenvalue weighted by Crippen LogP contribution is 2.60. The second kappa shape index (κ2) is 6.68. The van der Waals surface area contributed by atoms with Crippen LogP contribution in [-0.4, -0.2) is 11.9 Å². The molecule has 0 aromatic heterocycles. The van der Waals surface area contributed by atoms with Crippen LogP contribution in [0.4, 0.5) is 0 Å². The van der Waals surface area contributed by atoms with Gasteiger partial charge in [-0.2, -0.15) is 0 Å². The Morgan fingerprint density at radius 1 is 0.667 bits per heavy atom. The number of hydrogen-bond acceptors (Lipinski definition) is 4. The summed E-state index contributed by atoms with van der Waals surface area (Å²) in [6.07, 6.45) is 0.588. The van der Waals surface area contributed by atoms with E-state index in [9.17, 15) is 19.8 Å². The monoisotopic (exact) mass is 340 g/mol. The van der Waals surface area contributed by atoms with Gasteiger partial charge in [0.05, 0.1) is 0 Å². The van der Waals surface area contributed by atoms with Crippen molar-refractivity contribution in [2.24, 2.45) is 27.1 Å². The van der Waals surface area contributed by atoms with Gasteiger partial charge < -0.3 is 19.8 Å². The number of hydrogen-bond donors (Lipinski definition) is 0. The first-order chi connectivity index (χ1) is 10.3. The number of carbonyl (C=O) groups is 2. The van der Waals surface area contributed by atoms with Gasteiger partial charge in [0.15, 0.2) is 0 Å². The van der Waals surface area contributed by atoms with Gasteiger partial charge in [0.25, 0.3) is 0 Å². The van der Waals surface area contributed by atoms with Crippen molar-refractivity contribution in [2.75, 3.05) is 0 Å². The minimum absolute atomic E-state index is 0.145. The number of carbonyl (C=O) groups excluding carboxylic acids is 2. The van der Waals surface area contributed by atoms with Gasteiger partial charge in [-0.25, -0.2) is 0 Å². The Hall–Kier alpha value is -1.06. The second-order valence-electron chi connectivity index (χ2n) is 11.0. The van der Waals surface area contributed by atoms with Crippen molar-refractivity contribution in [3.8, 4) is 0 Å². The summed E-state index contributed by atoms with van der Waals surface area (Å²) in [5.41, 5.74) is -3.38. The summed E-state index contributed by atoms with van der Waals surface area (Å²) in [4.78, 5) is 24.0. The van der Waals surface area contributed by atoms with Crippen LogP contribution in [0.2, 0.25) is 0 Å². The lowest BCUT2D eigenvalue weighted by molar-refractivity contribution is -0.344. The van der Waals surface area contributed by atoms with E-state index in [1.54, 1.807) is 0 Å². The predicted molar refractivity (Wildman–Crippen MR) is 92.8 cm³/mol. The van der Waals surface area contributed by atoms with Crippen molar-refractivity contribution in [3.05, 3.63) is 0 Å². The lowest BCUT2D eigenvalue weighted by atomic mass is 9.46. The van der Waals surface area contributed by atoms with Gasteiger partial charge in [-0.05, 0) is 40.9 Å². The molecule has 0 fully saturated rings. The summed E-state index contributed by atoms with van der Waals surface area (Å²) in [5, 5.41) is 24.0. The molecule has 0 heterocycles. The van der Waals surface area contributed by atoms with E-state index in [4.69, 9.17) is 0 Å². The molecule has 142 valence electrons. The van der Waals surface area contributed by atoms with Gasteiger partial charge in [0.1, 0.15) is 0 Å². The highest BCUT2D eigenvalue weighted by molar-refractivity contribution is 5.81. The maximum Gasteiger partial charge on any atom is 0.0490 e. The minimum atomic E-state index is -1.53. The van der Waals surface area contributed by atoms with Gasteiger partial charge >= 0.3 is 0 Å². The number of rotatable bonds is 7. The van der Waals surface area contributed by atoms with Crippen LogP contribution in [0, 0.1) is 27.1 Å². The third kappa shape index (κ3) is 5.22. The normalized spacial score (nSPS) is 14.6. The van der Waals surface area contributed by atoms with Crippen LogP contribution in [0.5, 0.6) is 0 Å². The zero-order valence-electron chi connectivity index (χ0n) is 17.3. The van der Waals surface area contributed by atoms with E-state index in [1.807, 2.05) is 69.2 Å². The second-order valence-corrected chi connectivity index (χ2v) is 11.0. The van der Waals surface area contributed by atoms with E-state index in [0.717, 1.165) is 0 Å². The van der Waals surface area contributed by atoms with Crippen LogP contribution in [0.1, 0.15) is 88.5 Å². The van der Waals surface area contributed by atoms with Crippen LogP contribution in [0.3, 0.4) is 0 Å². The quantitative estimate of drug-likeness (QED) is 0.713. The van der Waals surface area contributed by atoms with Crippen molar-refractivity contribution in [2.45, 2.75) is 88.5 Å². The van der Waals surface area contributed by atoms with E-state index >= 15 is 0 Å². The summed E-state index contributed by atoms with van der Waals surface area (Å²) in [7, 11) is 0. The average molecular weight is 341 g/mol. The van der Waals surface area contributed by atoms with Crippen molar-refractivity contribution in [1.29, 1.82) is 0 Å². The molecule has 0 rings (SSSR count). The molecule has 0 saturated carbocycles. The summed E-state index contributed by atoms with van der Waals surface area (Å²) in [6.45, 7) is 19.6. The first-order valence-electron chi connectivity index (χ1n) is 8.69. The predicted octanol–water partition coefficient (Wildman–Crippen LogP) is 2.79. The molecule has 24 heavy (non-hydrogen) atoms. The first-order valence-corrected chi connectivity index (χ1v) is 8.69. The standard InChI is InChI=1S/C20H38O4/c1-16(2,3)12-18(7,8)20(15(23)24,11-14(21)22)19(9,10)13-17(4,5)6/h11-13H2,1-10H3,(H,21,22)(H,23,24)/p-2. The molecule has 0 aromatic rings. The van der Waals surface area contributed by atoms with Crippen LogP contribution >= 0.6 is 0 Å². The maximum atomic E-state index is 12.4. The average Bonchev–Trinajstić information content (AvgIpc) is 2.16. The fourth-order valence-electron chi connectivity index (χ4n) is 5.19. The molecule has 0 aliphatic heterocycles. The number of carboxylic acids is 2.